The van der Waals surface area contributed by atoms with Crippen LogP contribution in [0, 0.1) is 6.92 Å². The minimum Gasteiger partial charge on any atom is -0.467 e. The third-order valence-electron chi connectivity index (χ3n) is 2.99. The number of methoxy groups -OCH3 is 1. The highest BCUT2D eigenvalue weighted by atomic mass is 35.5. The van der Waals surface area contributed by atoms with Crippen molar-refractivity contribution in [2.75, 3.05) is 13.9 Å². The highest BCUT2D eigenvalue weighted by Gasteiger charge is 2.31. The van der Waals surface area contributed by atoms with Crippen LogP contribution < -0.4 is 9.47 Å². The quantitative estimate of drug-likeness (QED) is 0.687. The first-order valence-electron chi connectivity index (χ1n) is 6.79. The van der Waals surface area contributed by atoms with Crippen LogP contribution in [0.3, 0.4) is 0 Å². The second kappa shape index (κ2) is 7.72. The first-order chi connectivity index (χ1) is 11.3. The molecule has 0 bridgehead atoms. The summed E-state index contributed by atoms with van der Waals surface area (Å²) < 4.78 is 53.6. The number of alkyl halides is 3. The molecule has 0 aliphatic rings. The average molecular weight is 361 g/mol. The minimum atomic E-state index is -4.53. The van der Waals surface area contributed by atoms with E-state index >= 15 is 0 Å². The summed E-state index contributed by atoms with van der Waals surface area (Å²) in [6.45, 7) is 3.82. The zero-order chi connectivity index (χ0) is 17.7. The number of hydrogen-bond donors (Lipinski definition) is 0. The molecule has 0 unspecified atom stereocenters. The molecular weight excluding hydrogens is 347 g/mol. The van der Waals surface area contributed by atoms with Gasteiger partial charge in [0.15, 0.2) is 6.79 Å². The first-order valence-corrected chi connectivity index (χ1v) is 7.17. The van der Waals surface area contributed by atoms with Gasteiger partial charge < -0.3 is 14.2 Å². The number of rotatable bonds is 6. The maximum atomic E-state index is 12.6. The van der Waals surface area contributed by atoms with Gasteiger partial charge in [0.2, 0.25) is 5.88 Å². The Bertz CT molecular complexity index is 707. The summed E-state index contributed by atoms with van der Waals surface area (Å²) in [7, 11) is 1.48. The monoisotopic (exact) mass is 360 g/mol. The van der Waals surface area contributed by atoms with Crippen LogP contribution in [0.1, 0.15) is 11.1 Å². The van der Waals surface area contributed by atoms with Crippen molar-refractivity contribution < 1.29 is 27.4 Å². The number of aromatic nitrogens is 1. The zero-order valence-electron chi connectivity index (χ0n) is 12.7. The number of benzene rings is 1. The van der Waals surface area contributed by atoms with Crippen LogP contribution in [0.5, 0.6) is 17.4 Å². The van der Waals surface area contributed by atoms with E-state index in [1.54, 1.807) is 18.2 Å². The lowest BCUT2D eigenvalue weighted by atomic mass is 10.1. The largest absolute Gasteiger partial charge is 0.467 e. The summed E-state index contributed by atoms with van der Waals surface area (Å²) in [5.41, 5.74) is -0.230. The van der Waals surface area contributed by atoms with E-state index in [0.29, 0.717) is 24.1 Å². The standard InChI is InChI=1S/C16H14ClF3NO3/c1-3-10-4-5-12(23-9-22-2)7-14(10)24-15-13(17)6-11(8-21-15)16(18,19)20/h4-8H,1,3,9H2,2H3. The van der Waals surface area contributed by atoms with Gasteiger partial charge in [-0.2, -0.15) is 13.2 Å². The van der Waals surface area contributed by atoms with Crippen molar-refractivity contribution in [3.63, 3.8) is 0 Å². The molecule has 0 atom stereocenters. The molecule has 0 saturated heterocycles. The Labute approximate surface area is 142 Å². The van der Waals surface area contributed by atoms with Gasteiger partial charge in [0.1, 0.15) is 16.5 Å². The van der Waals surface area contributed by atoms with Gasteiger partial charge in [-0.15, -0.1) is 0 Å². The summed E-state index contributed by atoms with van der Waals surface area (Å²) in [4.78, 5) is 3.65. The van der Waals surface area contributed by atoms with Crippen LogP contribution in [0.4, 0.5) is 13.2 Å². The molecule has 1 radical (unpaired) electrons. The summed E-state index contributed by atoms with van der Waals surface area (Å²) >= 11 is 5.85. The highest BCUT2D eigenvalue weighted by molar-refractivity contribution is 6.31. The third kappa shape index (κ3) is 4.52. The van der Waals surface area contributed by atoms with Gasteiger partial charge in [-0.1, -0.05) is 17.7 Å². The minimum absolute atomic E-state index is 0.0441. The number of hydrogen-bond acceptors (Lipinski definition) is 4. The Morgan fingerprint density at radius 3 is 2.58 bits per heavy atom. The lowest BCUT2D eigenvalue weighted by molar-refractivity contribution is -0.137. The van der Waals surface area contributed by atoms with Gasteiger partial charge in [-0.3, -0.25) is 0 Å². The van der Waals surface area contributed by atoms with Crippen LogP contribution >= 0.6 is 11.6 Å². The molecule has 1 aromatic heterocycles. The number of halogens is 4. The van der Waals surface area contributed by atoms with Gasteiger partial charge in [0, 0.05) is 19.4 Å². The Kier molecular flexibility index (Phi) is 5.90. The molecule has 0 aliphatic carbocycles. The molecule has 129 valence electrons. The number of ether oxygens (including phenoxy) is 3. The van der Waals surface area contributed by atoms with E-state index in [2.05, 4.69) is 11.9 Å². The van der Waals surface area contributed by atoms with Crippen LogP contribution in [-0.4, -0.2) is 18.9 Å². The molecule has 4 nitrogen and oxygen atoms in total. The van der Waals surface area contributed by atoms with Gasteiger partial charge in [0.05, 0.1) is 5.56 Å². The fourth-order valence-electron chi connectivity index (χ4n) is 1.81. The molecule has 2 rings (SSSR count). The lowest BCUT2D eigenvalue weighted by Gasteiger charge is -2.14. The Balaban J connectivity index is 2.29. The molecule has 0 spiro atoms. The van der Waals surface area contributed by atoms with Crippen LogP contribution in [-0.2, 0) is 17.3 Å². The molecular formula is C16H14ClF3NO3. The topological polar surface area (TPSA) is 40.6 Å². The molecule has 2 aromatic rings. The van der Waals surface area contributed by atoms with Crippen molar-refractivity contribution in [2.45, 2.75) is 12.6 Å². The van der Waals surface area contributed by atoms with Gasteiger partial charge >= 0.3 is 6.18 Å². The van der Waals surface area contributed by atoms with Crippen molar-refractivity contribution in [1.29, 1.82) is 0 Å². The summed E-state index contributed by atoms with van der Waals surface area (Å²) in [5.74, 6) is 0.670. The van der Waals surface area contributed by atoms with Crippen molar-refractivity contribution >= 4 is 11.6 Å². The molecule has 0 N–H and O–H groups in total. The summed E-state index contributed by atoms with van der Waals surface area (Å²) in [6, 6.07) is 5.76. The highest BCUT2D eigenvalue weighted by Crippen LogP contribution is 2.36. The summed E-state index contributed by atoms with van der Waals surface area (Å²) in [6.07, 6.45) is -3.46. The van der Waals surface area contributed by atoms with Crippen LogP contribution in [0.25, 0.3) is 0 Å². The second-order valence-electron chi connectivity index (χ2n) is 4.68. The normalized spacial score (nSPS) is 11.4. The number of nitrogens with zero attached hydrogens (tertiary/aromatic N) is 1. The van der Waals surface area contributed by atoms with E-state index in [1.807, 2.05) is 0 Å². The van der Waals surface area contributed by atoms with Crippen molar-refractivity contribution in [3.05, 3.63) is 53.5 Å². The van der Waals surface area contributed by atoms with Crippen molar-refractivity contribution in [2.24, 2.45) is 0 Å². The Morgan fingerprint density at radius 2 is 2.00 bits per heavy atom. The molecule has 1 heterocycles. The molecule has 0 fully saturated rings. The lowest BCUT2D eigenvalue weighted by Crippen LogP contribution is -2.06. The fraction of sp³-hybridized carbons (Fsp3) is 0.250. The Hall–Kier alpha value is -1.99. The SMILES string of the molecule is [CH2]Cc1ccc(OCOC)cc1Oc1ncc(C(F)(F)F)cc1Cl. The molecule has 0 aliphatic heterocycles. The van der Waals surface area contributed by atoms with E-state index in [-0.39, 0.29) is 17.7 Å². The van der Waals surface area contributed by atoms with Gasteiger partial charge in [-0.05, 0) is 31.0 Å². The van der Waals surface area contributed by atoms with Crippen LogP contribution in [0.2, 0.25) is 5.02 Å². The predicted molar refractivity (Wildman–Crippen MR) is 82.3 cm³/mol. The summed E-state index contributed by atoms with van der Waals surface area (Å²) in [5, 5.41) is -0.247. The first kappa shape index (κ1) is 18.4. The maximum absolute atomic E-state index is 12.6. The molecule has 0 amide bonds. The van der Waals surface area contributed by atoms with E-state index in [0.717, 1.165) is 11.6 Å². The molecule has 8 heteroatoms. The molecule has 0 saturated carbocycles. The van der Waals surface area contributed by atoms with Gasteiger partial charge in [-0.25, -0.2) is 4.98 Å². The van der Waals surface area contributed by atoms with E-state index in [4.69, 9.17) is 25.8 Å². The van der Waals surface area contributed by atoms with Crippen molar-refractivity contribution in [3.8, 4) is 17.4 Å². The predicted octanol–water partition coefficient (Wildman–Crippen LogP) is 4.91. The average Bonchev–Trinajstić information content (AvgIpc) is 2.54. The van der Waals surface area contributed by atoms with E-state index < -0.39 is 11.7 Å². The van der Waals surface area contributed by atoms with E-state index in [1.165, 1.54) is 7.11 Å². The third-order valence-corrected chi connectivity index (χ3v) is 3.26. The zero-order valence-corrected chi connectivity index (χ0v) is 13.4. The fourth-order valence-corrected chi connectivity index (χ4v) is 2.02. The van der Waals surface area contributed by atoms with Gasteiger partial charge in [0.25, 0.3) is 0 Å². The van der Waals surface area contributed by atoms with E-state index in [9.17, 15) is 13.2 Å². The maximum Gasteiger partial charge on any atom is 0.417 e. The second-order valence-corrected chi connectivity index (χ2v) is 5.09. The van der Waals surface area contributed by atoms with Crippen LogP contribution in [0.15, 0.2) is 30.5 Å². The number of pyridine rings is 1. The Morgan fingerprint density at radius 1 is 1.25 bits per heavy atom. The smallest absolute Gasteiger partial charge is 0.417 e. The molecule has 1 aromatic carbocycles. The van der Waals surface area contributed by atoms with Crippen molar-refractivity contribution in [1.82, 2.24) is 4.98 Å². The molecule has 24 heavy (non-hydrogen) atoms.